The topological polar surface area (TPSA) is 38.3 Å². The number of nitrogens with one attached hydrogen (secondary N) is 1. The van der Waals surface area contributed by atoms with Crippen LogP contribution in [0.15, 0.2) is 30.3 Å². The predicted octanol–water partition coefficient (Wildman–Crippen LogP) is 2.79. The fraction of sp³-hybridized carbons (Fsp3) is 0.364. The number of amides is 1. The van der Waals surface area contributed by atoms with Crippen LogP contribution in [0.25, 0.3) is 0 Å². The number of carbonyl (C=O) groups excluding carboxylic acids is 1. The molecule has 0 bridgehead atoms. The molecule has 0 aromatic heterocycles. The van der Waals surface area contributed by atoms with E-state index in [1.165, 1.54) is 0 Å². The van der Waals surface area contributed by atoms with Crippen molar-refractivity contribution in [1.29, 1.82) is 0 Å². The van der Waals surface area contributed by atoms with E-state index in [0.29, 0.717) is 5.56 Å². The van der Waals surface area contributed by atoms with E-state index < -0.39 is 30.8 Å². The minimum atomic E-state index is -4.33. The first kappa shape index (κ1) is 11.8. The Balaban J connectivity index is 2.17. The summed E-state index contributed by atoms with van der Waals surface area (Å²) in [5, 5.41) is 2.18. The Morgan fingerprint density at radius 3 is 2.47 bits per heavy atom. The number of hydrogen-bond acceptors (Lipinski definition) is 2. The van der Waals surface area contributed by atoms with Gasteiger partial charge in [0.2, 0.25) is 0 Å². The first-order chi connectivity index (χ1) is 7.96. The molecule has 1 N–H and O–H groups in total. The van der Waals surface area contributed by atoms with Gasteiger partial charge in [0.25, 0.3) is 0 Å². The molecule has 3 nitrogen and oxygen atoms in total. The summed E-state index contributed by atoms with van der Waals surface area (Å²) in [5.41, 5.74) is 0.556. The van der Waals surface area contributed by atoms with Crippen molar-refractivity contribution in [1.82, 2.24) is 5.32 Å². The molecule has 1 saturated heterocycles. The highest BCUT2D eigenvalue weighted by molar-refractivity contribution is 5.70. The molecule has 1 aromatic rings. The van der Waals surface area contributed by atoms with Crippen LogP contribution >= 0.6 is 0 Å². The molecule has 1 aromatic carbocycles. The number of alkyl carbamates (subject to hydrolysis) is 1. The summed E-state index contributed by atoms with van der Waals surface area (Å²) >= 11 is 0. The average Bonchev–Trinajstić information content (AvgIpc) is 2.58. The lowest BCUT2D eigenvalue weighted by molar-refractivity contribution is -0.142. The van der Waals surface area contributed by atoms with Crippen LogP contribution in [-0.4, -0.2) is 18.3 Å². The Morgan fingerprint density at radius 2 is 1.88 bits per heavy atom. The van der Waals surface area contributed by atoms with Gasteiger partial charge in [-0.3, -0.25) is 0 Å². The van der Waals surface area contributed by atoms with E-state index in [1.807, 2.05) is 0 Å². The quantitative estimate of drug-likeness (QED) is 0.870. The lowest BCUT2D eigenvalue weighted by Crippen LogP contribution is -2.32. The summed E-state index contributed by atoms with van der Waals surface area (Å²) in [6.45, 7) is 0. The second kappa shape index (κ2) is 4.27. The Morgan fingerprint density at radius 1 is 1.24 bits per heavy atom. The van der Waals surface area contributed by atoms with Gasteiger partial charge in [-0.25, -0.2) is 4.79 Å². The van der Waals surface area contributed by atoms with Crippen molar-refractivity contribution in [2.24, 2.45) is 0 Å². The molecule has 0 unspecified atom stereocenters. The highest BCUT2D eigenvalue weighted by Gasteiger charge is 2.42. The molecule has 0 aliphatic carbocycles. The van der Waals surface area contributed by atoms with E-state index in [4.69, 9.17) is 4.74 Å². The first-order valence-corrected chi connectivity index (χ1v) is 5.04. The number of ether oxygens (including phenoxy) is 1. The molecule has 1 aliphatic heterocycles. The van der Waals surface area contributed by atoms with Crippen LogP contribution in [0.4, 0.5) is 18.0 Å². The summed E-state index contributed by atoms with van der Waals surface area (Å²) in [6.07, 6.45) is -7.13. The summed E-state index contributed by atoms with van der Waals surface area (Å²) in [7, 11) is 0. The van der Waals surface area contributed by atoms with E-state index in [1.54, 1.807) is 30.3 Å². The summed E-state index contributed by atoms with van der Waals surface area (Å²) < 4.78 is 41.8. The van der Waals surface area contributed by atoms with Crippen LogP contribution < -0.4 is 5.32 Å². The molecule has 2 rings (SSSR count). The highest BCUT2D eigenvalue weighted by atomic mass is 19.4. The van der Waals surface area contributed by atoms with Crippen LogP contribution in [-0.2, 0) is 4.74 Å². The Bertz CT molecular complexity index is 405. The monoisotopic (exact) mass is 245 g/mol. The van der Waals surface area contributed by atoms with Crippen LogP contribution in [0.2, 0.25) is 0 Å². The molecule has 17 heavy (non-hydrogen) atoms. The third-order valence-electron chi connectivity index (χ3n) is 2.48. The fourth-order valence-electron chi connectivity index (χ4n) is 1.81. The number of halogens is 3. The maximum atomic E-state index is 12.3. The second-order valence-electron chi connectivity index (χ2n) is 3.81. The zero-order chi connectivity index (χ0) is 12.5. The molecule has 0 saturated carbocycles. The average molecular weight is 245 g/mol. The molecule has 2 atom stereocenters. The smallest absolute Gasteiger partial charge is 0.408 e. The molecular formula is C11H10F3NO2. The van der Waals surface area contributed by atoms with E-state index in [-0.39, 0.29) is 0 Å². The van der Waals surface area contributed by atoms with Crippen LogP contribution in [0.3, 0.4) is 0 Å². The molecule has 0 radical (unpaired) electrons. The molecule has 6 heteroatoms. The summed E-state index contributed by atoms with van der Waals surface area (Å²) in [6, 6.07) is 7.32. The maximum absolute atomic E-state index is 12.3. The molecule has 1 aliphatic rings. The maximum Gasteiger partial charge on any atom is 0.408 e. The number of cyclic esters (lactones) is 1. The predicted molar refractivity (Wildman–Crippen MR) is 53.3 cm³/mol. The number of rotatable bonds is 2. The third-order valence-corrected chi connectivity index (χ3v) is 2.48. The standard InChI is InChI=1S/C11H10F3NO2/c12-11(13,14)6-8-9(17-10(16)15-8)7-4-2-1-3-5-7/h1-5,8-9H,6H2,(H,15,16)/t8-,9-/m0/s1. The van der Waals surface area contributed by atoms with Gasteiger partial charge in [-0.2, -0.15) is 13.2 Å². The van der Waals surface area contributed by atoms with Crippen LogP contribution in [0, 0.1) is 0 Å². The SMILES string of the molecule is O=C1N[C@@H](CC(F)(F)F)[C@H](c2ccccc2)O1. The van der Waals surface area contributed by atoms with Crippen molar-refractivity contribution < 1.29 is 22.7 Å². The second-order valence-corrected chi connectivity index (χ2v) is 3.81. The summed E-state index contributed by atoms with van der Waals surface area (Å²) in [5.74, 6) is 0. The van der Waals surface area contributed by atoms with E-state index in [9.17, 15) is 18.0 Å². The van der Waals surface area contributed by atoms with Crippen molar-refractivity contribution in [3.8, 4) is 0 Å². The number of alkyl halides is 3. The molecule has 1 amide bonds. The molecule has 0 spiro atoms. The Labute approximate surface area is 95.6 Å². The van der Waals surface area contributed by atoms with Crippen LogP contribution in [0.5, 0.6) is 0 Å². The molecule has 1 fully saturated rings. The highest BCUT2D eigenvalue weighted by Crippen LogP contribution is 2.33. The number of carbonyl (C=O) groups is 1. The first-order valence-electron chi connectivity index (χ1n) is 5.04. The van der Waals surface area contributed by atoms with Gasteiger partial charge in [-0.15, -0.1) is 0 Å². The summed E-state index contributed by atoms with van der Waals surface area (Å²) in [4.78, 5) is 11.0. The normalized spacial score (nSPS) is 24.3. The zero-order valence-corrected chi connectivity index (χ0v) is 8.70. The van der Waals surface area contributed by atoms with E-state index in [2.05, 4.69) is 5.32 Å². The van der Waals surface area contributed by atoms with Gasteiger partial charge in [0.05, 0.1) is 12.5 Å². The Hall–Kier alpha value is -1.72. The van der Waals surface area contributed by atoms with Gasteiger partial charge >= 0.3 is 12.3 Å². The van der Waals surface area contributed by atoms with Gasteiger partial charge in [-0.05, 0) is 5.56 Å². The lowest BCUT2D eigenvalue weighted by atomic mass is 10.0. The van der Waals surface area contributed by atoms with Gasteiger partial charge in [0, 0.05) is 0 Å². The largest absolute Gasteiger partial charge is 0.439 e. The van der Waals surface area contributed by atoms with Gasteiger partial charge < -0.3 is 10.1 Å². The Kier molecular flexibility index (Phi) is 2.95. The molecular weight excluding hydrogens is 235 g/mol. The van der Waals surface area contributed by atoms with Gasteiger partial charge in [0.15, 0.2) is 0 Å². The van der Waals surface area contributed by atoms with Crippen molar-refractivity contribution in [2.75, 3.05) is 0 Å². The van der Waals surface area contributed by atoms with Crippen molar-refractivity contribution in [2.45, 2.75) is 24.7 Å². The van der Waals surface area contributed by atoms with E-state index >= 15 is 0 Å². The number of hydrogen-bond donors (Lipinski definition) is 1. The van der Waals surface area contributed by atoms with Gasteiger partial charge in [-0.1, -0.05) is 30.3 Å². The third kappa shape index (κ3) is 2.89. The van der Waals surface area contributed by atoms with Crippen molar-refractivity contribution in [3.05, 3.63) is 35.9 Å². The van der Waals surface area contributed by atoms with Crippen molar-refractivity contribution in [3.63, 3.8) is 0 Å². The minimum absolute atomic E-state index is 0.556. The fourth-order valence-corrected chi connectivity index (χ4v) is 1.81. The van der Waals surface area contributed by atoms with Gasteiger partial charge in [0.1, 0.15) is 6.10 Å². The minimum Gasteiger partial charge on any atom is -0.439 e. The number of benzene rings is 1. The van der Waals surface area contributed by atoms with Crippen LogP contribution in [0.1, 0.15) is 18.1 Å². The lowest BCUT2D eigenvalue weighted by Gasteiger charge is -2.18. The zero-order valence-electron chi connectivity index (χ0n) is 8.70. The van der Waals surface area contributed by atoms with E-state index in [0.717, 1.165) is 0 Å². The molecule has 92 valence electrons. The molecule has 1 heterocycles. The van der Waals surface area contributed by atoms with Crippen molar-refractivity contribution >= 4 is 6.09 Å².